The van der Waals surface area contributed by atoms with Crippen LogP contribution in [0.4, 0.5) is 0 Å². The van der Waals surface area contributed by atoms with Crippen LogP contribution >= 0.6 is 7.82 Å². The van der Waals surface area contributed by atoms with Crippen LogP contribution in [0.25, 0.3) is 0 Å². The van der Waals surface area contributed by atoms with Gasteiger partial charge in [-0.1, -0.05) is 0 Å². The SMILES string of the molecule is NC(N)=NCCC[C@H](N)C(=O)[O-].O=P([O-])([O-])[O-].[NH4+].[NH4+].[NH4+].[NH4+]. The minimum atomic E-state index is -5.39. The summed E-state index contributed by atoms with van der Waals surface area (Å²) in [6.07, 6.45) is 0.853. The lowest BCUT2D eigenvalue weighted by atomic mass is 10.2. The predicted molar refractivity (Wildman–Crippen MR) is 74.4 cm³/mol. The molecule has 0 unspecified atom stereocenters. The van der Waals surface area contributed by atoms with Gasteiger partial charge in [0.25, 0.3) is 0 Å². The van der Waals surface area contributed by atoms with Gasteiger partial charge in [-0.3, -0.25) is 4.99 Å². The molecule has 0 aliphatic rings. The summed E-state index contributed by atoms with van der Waals surface area (Å²) in [5, 5.41) is 10.1. The Bertz CT molecular complexity index is 297. The first-order valence-electron chi connectivity index (χ1n) is 4.29. The molecule has 0 aromatic rings. The average molecular weight is 340 g/mol. The van der Waals surface area contributed by atoms with Gasteiger partial charge in [0.15, 0.2) is 5.96 Å². The van der Waals surface area contributed by atoms with Crippen LogP contribution in [-0.4, -0.2) is 24.5 Å². The highest BCUT2D eigenvalue weighted by Gasteiger charge is 2.01. The van der Waals surface area contributed by atoms with E-state index in [0.29, 0.717) is 19.4 Å². The van der Waals surface area contributed by atoms with Crippen molar-refractivity contribution >= 4 is 19.8 Å². The Balaban J connectivity index is -0.0000000552. The minimum Gasteiger partial charge on any atom is -0.822 e. The van der Waals surface area contributed by atoms with Gasteiger partial charge >= 0.3 is 0 Å². The lowest BCUT2D eigenvalue weighted by Gasteiger charge is -2.36. The molecule has 0 aromatic heterocycles. The summed E-state index contributed by atoms with van der Waals surface area (Å²) in [6.45, 7) is 0.392. The molecule has 0 spiro atoms. The van der Waals surface area contributed by atoms with Crippen molar-refractivity contribution in [2.24, 2.45) is 22.2 Å². The number of carboxylic acid groups (broad SMARTS) is 1. The molecule has 15 heteroatoms. The van der Waals surface area contributed by atoms with Crippen LogP contribution in [0, 0.1) is 0 Å². The summed E-state index contributed by atoms with van der Waals surface area (Å²) in [6, 6.07) is -0.931. The van der Waals surface area contributed by atoms with Crippen LogP contribution in [-0.2, 0) is 9.36 Å². The normalized spacial score (nSPS) is 9.71. The fraction of sp³-hybridized carbons (Fsp3) is 0.667. The Morgan fingerprint density at radius 2 is 1.43 bits per heavy atom. The van der Waals surface area contributed by atoms with Crippen molar-refractivity contribution in [3.8, 4) is 0 Å². The molecule has 0 bridgehead atoms. The minimum absolute atomic E-state index is 0. The number of carbonyl (C=O) groups is 1. The first-order valence-corrected chi connectivity index (χ1v) is 5.75. The summed E-state index contributed by atoms with van der Waals surface area (Å²) in [5.41, 5.74) is 15.2. The maximum atomic E-state index is 10.1. The summed E-state index contributed by atoms with van der Waals surface area (Å²) in [4.78, 5) is 39.4. The maximum Gasteiger partial charge on any atom is 0.185 e. The second-order valence-electron chi connectivity index (χ2n) is 2.82. The smallest absolute Gasteiger partial charge is 0.185 e. The van der Waals surface area contributed by atoms with Gasteiger partial charge in [0.05, 0.1) is 5.97 Å². The molecule has 134 valence electrons. The lowest BCUT2D eigenvalue weighted by Crippen LogP contribution is -2.41. The fourth-order valence-corrected chi connectivity index (χ4v) is 0.637. The van der Waals surface area contributed by atoms with Crippen molar-refractivity contribution in [1.29, 1.82) is 0 Å². The van der Waals surface area contributed by atoms with Crippen molar-refractivity contribution in [2.75, 3.05) is 6.54 Å². The van der Waals surface area contributed by atoms with Crippen molar-refractivity contribution in [3.05, 3.63) is 0 Å². The number of phosphoric acid groups is 1. The second-order valence-corrected chi connectivity index (χ2v) is 3.72. The number of hydrogen-bond acceptors (Lipinski definition) is 8. The summed E-state index contributed by atoms with van der Waals surface area (Å²) < 4.78 is 8.55. The van der Waals surface area contributed by atoms with Crippen molar-refractivity contribution < 1.29 is 29.1 Å². The van der Waals surface area contributed by atoms with Crippen LogP contribution in [0.3, 0.4) is 0 Å². The van der Waals surface area contributed by atoms with Crippen LogP contribution in [0.2, 0.25) is 0 Å². The quantitative estimate of drug-likeness (QED) is 0.110. The number of aliphatic imine (C=N–C) groups is 1. The Morgan fingerprint density at radius 1 is 1.10 bits per heavy atom. The first kappa shape index (κ1) is 36.7. The fourth-order valence-electron chi connectivity index (χ4n) is 0.637. The molecular formula is C6H29N8O6P. The van der Waals surface area contributed by atoms with E-state index in [1.807, 2.05) is 0 Å². The Morgan fingerprint density at radius 3 is 1.67 bits per heavy atom. The second kappa shape index (κ2) is 18.7. The van der Waals surface area contributed by atoms with E-state index in [0.717, 1.165) is 0 Å². The van der Waals surface area contributed by atoms with Gasteiger partial charge in [0.2, 0.25) is 0 Å². The molecule has 14 nitrogen and oxygen atoms in total. The molecule has 0 heterocycles. The molecule has 0 fully saturated rings. The Kier molecular flexibility index (Phi) is 32.6. The van der Waals surface area contributed by atoms with Crippen LogP contribution in [0.15, 0.2) is 4.99 Å². The topological polar surface area (TPSA) is 363 Å². The Labute approximate surface area is 122 Å². The van der Waals surface area contributed by atoms with E-state index in [9.17, 15) is 9.90 Å². The zero-order chi connectivity index (χ0) is 14.1. The molecular weight excluding hydrogens is 311 g/mol. The number of aliphatic carboxylic acids is 1. The third kappa shape index (κ3) is 55.5. The van der Waals surface area contributed by atoms with Crippen LogP contribution in [0.5, 0.6) is 0 Å². The van der Waals surface area contributed by atoms with E-state index >= 15 is 0 Å². The molecule has 0 saturated heterocycles. The number of carbonyl (C=O) groups excluding carboxylic acids is 1. The molecule has 0 amide bonds. The lowest BCUT2D eigenvalue weighted by molar-refractivity contribution is -0.432. The third-order valence-corrected chi connectivity index (χ3v) is 1.27. The van der Waals surface area contributed by atoms with Gasteiger partial charge in [-0.25, -0.2) is 0 Å². The first-order chi connectivity index (χ1) is 7.54. The van der Waals surface area contributed by atoms with Gasteiger partial charge in [0, 0.05) is 12.6 Å². The number of nitrogens with zero attached hydrogens (tertiary/aromatic N) is 1. The van der Waals surface area contributed by atoms with Gasteiger partial charge in [-0.05, 0) is 12.8 Å². The number of quaternary nitrogens is 4. The monoisotopic (exact) mass is 340 g/mol. The molecule has 0 rings (SSSR count). The molecule has 0 aliphatic carbocycles. The molecule has 1 atom stereocenters. The molecule has 0 aliphatic heterocycles. The molecule has 0 radical (unpaired) electrons. The summed E-state index contributed by atoms with van der Waals surface area (Å²) >= 11 is 0. The van der Waals surface area contributed by atoms with E-state index < -0.39 is 19.8 Å². The molecule has 0 aromatic carbocycles. The number of rotatable bonds is 5. The van der Waals surface area contributed by atoms with Crippen LogP contribution < -0.4 is 61.6 Å². The van der Waals surface area contributed by atoms with Gasteiger partial charge in [-0.15, -0.1) is 0 Å². The van der Waals surface area contributed by atoms with E-state index in [1.54, 1.807) is 0 Å². The van der Waals surface area contributed by atoms with E-state index in [4.69, 9.17) is 36.4 Å². The summed E-state index contributed by atoms with van der Waals surface area (Å²) in [7, 11) is -5.39. The highest BCUT2D eigenvalue weighted by Crippen LogP contribution is 2.03. The van der Waals surface area contributed by atoms with E-state index in [1.165, 1.54) is 0 Å². The van der Waals surface area contributed by atoms with Crippen molar-refractivity contribution in [1.82, 2.24) is 24.6 Å². The van der Waals surface area contributed by atoms with E-state index in [-0.39, 0.29) is 30.6 Å². The zero-order valence-electron chi connectivity index (χ0n) is 12.8. The predicted octanol–water partition coefficient (Wildman–Crippen LogP) is -4.20. The maximum absolute atomic E-state index is 10.1. The van der Waals surface area contributed by atoms with Gasteiger partial charge < -0.3 is 70.9 Å². The number of guanidine groups is 1. The highest BCUT2D eigenvalue weighted by atomic mass is 31.2. The standard InChI is InChI=1S/C6H14N4O2.4H3N.H3O4P/c7-4(5(11)12)2-1-3-10-6(8)9;;;;;1-5(2,3)4/h4H,1-3,7H2,(H,11,12)(H4,8,9,10);4*1H3;(H3,1,2,3,4)/t4-;;;;;/m0...../s1. The van der Waals surface area contributed by atoms with E-state index in [2.05, 4.69) is 4.99 Å². The zero-order valence-corrected chi connectivity index (χ0v) is 13.7. The van der Waals surface area contributed by atoms with Crippen LogP contribution in [0.1, 0.15) is 12.8 Å². The largest absolute Gasteiger partial charge is 0.822 e. The number of hydrogen-bond donors (Lipinski definition) is 7. The van der Waals surface area contributed by atoms with Gasteiger partial charge in [-0.2, -0.15) is 7.82 Å². The molecule has 21 heavy (non-hydrogen) atoms. The molecule has 22 N–H and O–H groups in total. The number of carboxylic acids is 1. The number of nitrogens with two attached hydrogens (primary N) is 3. The van der Waals surface area contributed by atoms with Crippen molar-refractivity contribution in [2.45, 2.75) is 18.9 Å². The average Bonchev–Trinajstić information content (AvgIpc) is 2.08. The third-order valence-electron chi connectivity index (χ3n) is 1.27. The van der Waals surface area contributed by atoms with Crippen molar-refractivity contribution in [3.63, 3.8) is 0 Å². The van der Waals surface area contributed by atoms with Gasteiger partial charge in [0.1, 0.15) is 0 Å². The highest BCUT2D eigenvalue weighted by molar-refractivity contribution is 7.40. The Hall–Kier alpha value is -1.35. The molecule has 0 saturated carbocycles. The summed E-state index contributed by atoms with van der Waals surface area (Å²) in [5.74, 6) is -1.25.